The number of esters is 1. The zero-order valence-corrected chi connectivity index (χ0v) is 13.9. The van der Waals surface area contributed by atoms with Gasteiger partial charge in [-0.2, -0.15) is 0 Å². The number of carbonyl (C=O) groups is 3. The first kappa shape index (κ1) is 16.7. The Labute approximate surface area is 141 Å². The predicted molar refractivity (Wildman–Crippen MR) is 89.6 cm³/mol. The third-order valence-corrected chi connectivity index (χ3v) is 5.20. The molecular formula is C19H23NO4. The molecule has 2 aliphatic carbocycles. The molecule has 0 spiro atoms. The Morgan fingerprint density at radius 2 is 1.88 bits per heavy atom. The van der Waals surface area contributed by atoms with Crippen molar-refractivity contribution in [3.05, 3.63) is 29.8 Å². The van der Waals surface area contributed by atoms with Crippen LogP contribution in [0.15, 0.2) is 24.3 Å². The quantitative estimate of drug-likeness (QED) is 0.642. The number of ether oxygens (including phenoxy) is 1. The molecule has 5 nitrogen and oxygen atoms in total. The maximum atomic E-state index is 12.1. The molecule has 1 N–H and O–H groups in total. The predicted octanol–water partition coefficient (Wildman–Crippen LogP) is 3.20. The van der Waals surface area contributed by atoms with Gasteiger partial charge in [-0.15, -0.1) is 0 Å². The van der Waals surface area contributed by atoms with E-state index in [0.29, 0.717) is 29.5 Å². The summed E-state index contributed by atoms with van der Waals surface area (Å²) >= 11 is 0. The van der Waals surface area contributed by atoms with Crippen LogP contribution in [0.5, 0.6) is 0 Å². The van der Waals surface area contributed by atoms with Crippen LogP contribution in [0.2, 0.25) is 0 Å². The number of hydrogen-bond acceptors (Lipinski definition) is 4. The minimum Gasteiger partial charge on any atom is -0.457 e. The van der Waals surface area contributed by atoms with Gasteiger partial charge in [-0.1, -0.05) is 6.42 Å². The number of fused-ring (bicyclic) bond motifs is 2. The van der Waals surface area contributed by atoms with Gasteiger partial charge in [0.25, 0.3) is 0 Å². The molecule has 1 aromatic rings. The number of ketones is 1. The Morgan fingerprint density at radius 1 is 1.12 bits per heavy atom. The zero-order chi connectivity index (χ0) is 17.1. The first-order chi connectivity index (χ1) is 11.5. The fourth-order valence-electron chi connectivity index (χ4n) is 4.07. The van der Waals surface area contributed by atoms with Crippen LogP contribution in [0, 0.1) is 17.8 Å². The summed E-state index contributed by atoms with van der Waals surface area (Å²) in [5.41, 5.74) is 1.10. The highest BCUT2D eigenvalue weighted by molar-refractivity contribution is 5.98. The smallest absolute Gasteiger partial charge is 0.306 e. The lowest BCUT2D eigenvalue weighted by molar-refractivity contribution is -0.144. The Hall–Kier alpha value is -2.17. The van der Waals surface area contributed by atoms with Crippen LogP contribution < -0.4 is 5.32 Å². The molecule has 0 aliphatic heterocycles. The normalized spacial score (nSPS) is 24.6. The van der Waals surface area contributed by atoms with Crippen molar-refractivity contribution in [3.63, 3.8) is 0 Å². The molecule has 3 rings (SSSR count). The maximum Gasteiger partial charge on any atom is 0.306 e. The van der Waals surface area contributed by atoms with E-state index in [0.717, 1.165) is 12.3 Å². The standard InChI is InChI=1S/C19H23NO4/c1-12(21)20-17-6-4-14(5-7-17)18(22)11-24-19(23)10-16-9-13-2-3-15(16)8-13/h4-7,13,15-16H,2-3,8-11H2,1H3,(H,20,21)/t13-,15+,16+/m0/s1. The summed E-state index contributed by atoms with van der Waals surface area (Å²) in [6.07, 6.45) is 5.39. The summed E-state index contributed by atoms with van der Waals surface area (Å²) in [6.45, 7) is 1.20. The summed E-state index contributed by atoms with van der Waals surface area (Å²) in [6, 6.07) is 6.56. The number of benzene rings is 1. The van der Waals surface area contributed by atoms with Gasteiger partial charge in [-0.25, -0.2) is 0 Å². The third-order valence-electron chi connectivity index (χ3n) is 5.20. The van der Waals surface area contributed by atoms with Gasteiger partial charge in [-0.05, 0) is 61.3 Å². The van der Waals surface area contributed by atoms with Crippen LogP contribution in [0.3, 0.4) is 0 Å². The number of Topliss-reactive ketones (excluding diaryl/α,β-unsaturated/α-hetero) is 1. The molecule has 0 aromatic heterocycles. The first-order valence-electron chi connectivity index (χ1n) is 8.57. The van der Waals surface area contributed by atoms with E-state index in [1.807, 2.05) is 0 Å². The van der Waals surface area contributed by atoms with Crippen molar-refractivity contribution in [2.24, 2.45) is 17.8 Å². The van der Waals surface area contributed by atoms with Gasteiger partial charge >= 0.3 is 5.97 Å². The van der Waals surface area contributed by atoms with Crippen LogP contribution in [0.1, 0.15) is 49.4 Å². The van der Waals surface area contributed by atoms with Gasteiger partial charge in [0, 0.05) is 24.6 Å². The lowest BCUT2D eigenvalue weighted by atomic mass is 9.86. The maximum absolute atomic E-state index is 12.1. The van der Waals surface area contributed by atoms with E-state index in [9.17, 15) is 14.4 Å². The second-order valence-corrected chi connectivity index (χ2v) is 6.98. The number of rotatable bonds is 6. The van der Waals surface area contributed by atoms with E-state index in [4.69, 9.17) is 4.74 Å². The van der Waals surface area contributed by atoms with Gasteiger partial charge in [0.2, 0.25) is 5.91 Å². The molecule has 1 aromatic carbocycles. The van der Waals surface area contributed by atoms with Gasteiger partial charge in [0.1, 0.15) is 0 Å². The zero-order valence-electron chi connectivity index (χ0n) is 13.9. The summed E-state index contributed by atoms with van der Waals surface area (Å²) < 4.78 is 5.16. The van der Waals surface area contributed by atoms with E-state index in [-0.39, 0.29) is 24.3 Å². The molecule has 0 heterocycles. The minimum absolute atomic E-state index is 0.163. The Balaban J connectivity index is 1.44. The summed E-state index contributed by atoms with van der Waals surface area (Å²) in [7, 11) is 0. The average molecular weight is 329 g/mol. The molecule has 0 saturated heterocycles. The van der Waals surface area contributed by atoms with Crippen LogP contribution >= 0.6 is 0 Å². The van der Waals surface area contributed by atoms with Crippen molar-refractivity contribution in [2.75, 3.05) is 11.9 Å². The van der Waals surface area contributed by atoms with Crippen LogP contribution in [0.4, 0.5) is 5.69 Å². The molecule has 2 saturated carbocycles. The molecule has 2 aliphatic rings. The number of carbonyl (C=O) groups excluding carboxylic acids is 3. The topological polar surface area (TPSA) is 72.5 Å². The highest BCUT2D eigenvalue weighted by Crippen LogP contribution is 2.49. The molecule has 24 heavy (non-hydrogen) atoms. The SMILES string of the molecule is CC(=O)Nc1ccc(C(=O)COC(=O)C[C@H]2C[C@H]3CC[C@@H]2C3)cc1. The fraction of sp³-hybridized carbons (Fsp3) is 0.526. The van der Waals surface area contributed by atoms with Gasteiger partial charge in [-0.3, -0.25) is 14.4 Å². The van der Waals surface area contributed by atoms with Crippen molar-refractivity contribution in [3.8, 4) is 0 Å². The Morgan fingerprint density at radius 3 is 2.46 bits per heavy atom. The number of anilines is 1. The average Bonchev–Trinajstić information content (AvgIpc) is 3.15. The lowest BCUT2D eigenvalue weighted by Gasteiger charge is -2.20. The van der Waals surface area contributed by atoms with E-state index in [1.54, 1.807) is 24.3 Å². The van der Waals surface area contributed by atoms with Crippen molar-refractivity contribution >= 4 is 23.3 Å². The van der Waals surface area contributed by atoms with E-state index in [1.165, 1.54) is 26.2 Å². The van der Waals surface area contributed by atoms with E-state index < -0.39 is 0 Å². The molecule has 2 fully saturated rings. The van der Waals surface area contributed by atoms with Gasteiger partial charge in [0.05, 0.1) is 0 Å². The van der Waals surface area contributed by atoms with Crippen molar-refractivity contribution in [1.82, 2.24) is 0 Å². The monoisotopic (exact) mass is 329 g/mol. The minimum atomic E-state index is -0.268. The molecule has 0 unspecified atom stereocenters. The Kier molecular flexibility index (Phi) is 4.97. The highest BCUT2D eigenvalue weighted by Gasteiger charge is 2.40. The second kappa shape index (κ2) is 7.16. The molecule has 128 valence electrons. The molecular weight excluding hydrogens is 306 g/mol. The summed E-state index contributed by atoms with van der Waals surface area (Å²) in [5.74, 6) is 1.27. The number of hydrogen-bond donors (Lipinski definition) is 1. The van der Waals surface area contributed by atoms with Gasteiger partial charge < -0.3 is 10.1 Å². The van der Waals surface area contributed by atoms with Crippen LogP contribution in [0.25, 0.3) is 0 Å². The molecule has 1 amide bonds. The molecule has 5 heteroatoms. The Bertz CT molecular complexity index is 637. The second-order valence-electron chi connectivity index (χ2n) is 6.98. The van der Waals surface area contributed by atoms with Crippen molar-refractivity contribution < 1.29 is 19.1 Å². The first-order valence-corrected chi connectivity index (χ1v) is 8.57. The fourth-order valence-corrected chi connectivity index (χ4v) is 4.07. The number of nitrogens with one attached hydrogen (secondary N) is 1. The highest BCUT2D eigenvalue weighted by atomic mass is 16.5. The van der Waals surface area contributed by atoms with Crippen molar-refractivity contribution in [2.45, 2.75) is 39.0 Å². The van der Waals surface area contributed by atoms with E-state index >= 15 is 0 Å². The molecule has 0 radical (unpaired) electrons. The third kappa shape index (κ3) is 4.02. The van der Waals surface area contributed by atoms with Crippen molar-refractivity contribution in [1.29, 1.82) is 0 Å². The summed E-state index contributed by atoms with van der Waals surface area (Å²) in [5, 5.41) is 2.64. The summed E-state index contributed by atoms with van der Waals surface area (Å²) in [4.78, 5) is 35.0. The van der Waals surface area contributed by atoms with E-state index in [2.05, 4.69) is 5.32 Å². The number of amides is 1. The molecule has 3 atom stereocenters. The van der Waals surface area contributed by atoms with Crippen LogP contribution in [-0.4, -0.2) is 24.3 Å². The lowest BCUT2D eigenvalue weighted by Crippen LogP contribution is -2.19. The largest absolute Gasteiger partial charge is 0.457 e. The van der Waals surface area contributed by atoms with Gasteiger partial charge in [0.15, 0.2) is 12.4 Å². The molecule has 2 bridgehead atoms. The van der Waals surface area contributed by atoms with Crippen LogP contribution in [-0.2, 0) is 14.3 Å².